The zero-order valence-corrected chi connectivity index (χ0v) is 5.81. The Morgan fingerprint density at radius 2 is 2.09 bits per heavy atom. The van der Waals surface area contributed by atoms with E-state index in [-0.39, 0.29) is 5.57 Å². The van der Waals surface area contributed by atoms with Crippen molar-refractivity contribution < 1.29 is 13.2 Å². The van der Waals surface area contributed by atoms with Crippen molar-refractivity contribution in [2.45, 2.75) is 19.5 Å². The molecule has 0 fully saturated rings. The molecule has 1 radical (unpaired) electrons. The van der Waals surface area contributed by atoms with Crippen LogP contribution >= 0.6 is 0 Å². The minimum atomic E-state index is -4.36. The smallest absolute Gasteiger partial charge is 0.164 e. The maximum absolute atomic E-state index is 12.0. The van der Waals surface area contributed by atoms with Crippen LogP contribution in [0.4, 0.5) is 13.2 Å². The average molecular weight is 163 g/mol. The largest absolute Gasteiger partial charge is 0.435 e. The van der Waals surface area contributed by atoms with Gasteiger partial charge in [0.2, 0.25) is 0 Å². The maximum Gasteiger partial charge on any atom is 0.435 e. The first-order chi connectivity index (χ1) is 5.05. The summed E-state index contributed by atoms with van der Waals surface area (Å²) in [7, 11) is 0. The van der Waals surface area contributed by atoms with E-state index in [4.69, 9.17) is 0 Å². The Labute approximate surface area is 61.8 Å². The highest BCUT2D eigenvalue weighted by molar-refractivity contribution is 6.05. The first-order valence-electron chi connectivity index (χ1n) is 3.10. The minimum absolute atomic E-state index is 0.150. The Morgan fingerprint density at radius 3 is 2.45 bits per heavy atom. The third-order valence-electron chi connectivity index (χ3n) is 1.32. The van der Waals surface area contributed by atoms with E-state index in [0.717, 1.165) is 6.20 Å². The molecule has 5 heteroatoms. The van der Waals surface area contributed by atoms with Gasteiger partial charge in [-0.15, -0.1) is 5.10 Å². The van der Waals surface area contributed by atoms with Crippen molar-refractivity contribution in [3.05, 3.63) is 11.8 Å². The molecule has 0 saturated heterocycles. The van der Waals surface area contributed by atoms with E-state index in [9.17, 15) is 13.2 Å². The van der Waals surface area contributed by atoms with Crippen LogP contribution in [0.25, 0.3) is 0 Å². The fraction of sp³-hybridized carbons (Fsp3) is 0.500. The molecule has 0 bridgehead atoms. The summed E-state index contributed by atoms with van der Waals surface area (Å²) in [6.07, 6.45) is -2.91. The SMILES string of the molecule is CCC1=C[N]N=C1C(F)(F)F. The molecule has 61 valence electrons. The second-order valence-electron chi connectivity index (χ2n) is 2.07. The molecular weight excluding hydrogens is 157 g/mol. The van der Waals surface area contributed by atoms with Crippen molar-refractivity contribution in [1.82, 2.24) is 5.43 Å². The van der Waals surface area contributed by atoms with Gasteiger partial charge in [-0.3, -0.25) is 0 Å². The van der Waals surface area contributed by atoms with E-state index in [0.29, 0.717) is 6.42 Å². The molecule has 2 nitrogen and oxygen atoms in total. The quantitative estimate of drug-likeness (QED) is 0.563. The van der Waals surface area contributed by atoms with Crippen molar-refractivity contribution in [3.8, 4) is 0 Å². The molecule has 0 saturated carbocycles. The van der Waals surface area contributed by atoms with Crippen LogP contribution < -0.4 is 5.43 Å². The van der Waals surface area contributed by atoms with Crippen LogP contribution in [0.1, 0.15) is 13.3 Å². The molecule has 0 N–H and O–H groups in total. The number of alkyl halides is 3. The van der Waals surface area contributed by atoms with E-state index in [1.165, 1.54) is 0 Å². The number of halogens is 3. The minimum Gasteiger partial charge on any atom is -0.164 e. The predicted molar refractivity (Wildman–Crippen MR) is 34.0 cm³/mol. The summed E-state index contributed by atoms with van der Waals surface area (Å²) in [5.74, 6) is 0. The summed E-state index contributed by atoms with van der Waals surface area (Å²) in [6, 6.07) is 0. The summed E-state index contributed by atoms with van der Waals surface area (Å²) in [5, 5.41) is 2.98. The van der Waals surface area contributed by atoms with Gasteiger partial charge in [-0.2, -0.15) is 18.6 Å². The zero-order valence-electron chi connectivity index (χ0n) is 5.81. The fourth-order valence-electron chi connectivity index (χ4n) is 0.779. The van der Waals surface area contributed by atoms with Gasteiger partial charge < -0.3 is 0 Å². The lowest BCUT2D eigenvalue weighted by molar-refractivity contribution is -0.0583. The van der Waals surface area contributed by atoms with Crippen molar-refractivity contribution in [3.63, 3.8) is 0 Å². The standard InChI is InChI=1S/C6H6F3N2/c1-2-4-3-10-11-5(4)6(7,8)9/h3H,2H2,1H3. The Hall–Kier alpha value is -1.00. The molecule has 1 heterocycles. The predicted octanol–water partition coefficient (Wildman–Crippen LogP) is 1.82. The summed E-state index contributed by atoms with van der Waals surface area (Å²) in [6.45, 7) is 1.63. The zero-order chi connectivity index (χ0) is 8.48. The second kappa shape index (κ2) is 2.56. The number of nitrogens with zero attached hydrogens (tertiary/aromatic N) is 2. The van der Waals surface area contributed by atoms with Crippen molar-refractivity contribution >= 4 is 5.71 Å². The van der Waals surface area contributed by atoms with Crippen LogP contribution in [-0.4, -0.2) is 11.9 Å². The lowest BCUT2D eigenvalue weighted by atomic mass is 10.1. The molecule has 1 aliphatic rings. The summed E-state index contributed by atoms with van der Waals surface area (Å²) in [5.41, 5.74) is 2.48. The van der Waals surface area contributed by atoms with E-state index < -0.39 is 11.9 Å². The van der Waals surface area contributed by atoms with Crippen LogP contribution in [0.3, 0.4) is 0 Å². The lowest BCUT2D eigenvalue weighted by Gasteiger charge is -2.06. The number of allylic oxidation sites excluding steroid dienone is 1. The van der Waals surface area contributed by atoms with Crippen molar-refractivity contribution in [2.75, 3.05) is 0 Å². The molecule has 0 unspecified atom stereocenters. The lowest BCUT2D eigenvalue weighted by Crippen LogP contribution is -2.23. The number of rotatable bonds is 1. The molecule has 0 aliphatic carbocycles. The summed E-state index contributed by atoms with van der Waals surface area (Å²) < 4.78 is 35.9. The Kier molecular flexibility index (Phi) is 1.89. The molecule has 1 aliphatic heterocycles. The number of hydrogen-bond acceptors (Lipinski definition) is 1. The molecule has 0 aromatic carbocycles. The van der Waals surface area contributed by atoms with E-state index in [1.54, 1.807) is 6.92 Å². The van der Waals surface area contributed by atoms with Crippen molar-refractivity contribution in [2.24, 2.45) is 5.10 Å². The summed E-state index contributed by atoms with van der Waals surface area (Å²) in [4.78, 5) is 0. The van der Waals surface area contributed by atoms with Gasteiger partial charge >= 0.3 is 6.18 Å². The van der Waals surface area contributed by atoms with Crippen LogP contribution in [0.5, 0.6) is 0 Å². The molecule has 0 spiro atoms. The first kappa shape index (κ1) is 8.10. The molecule has 0 aromatic rings. The maximum atomic E-state index is 12.0. The molecule has 0 amide bonds. The van der Waals surface area contributed by atoms with Crippen LogP contribution in [0, 0.1) is 0 Å². The second-order valence-corrected chi connectivity index (χ2v) is 2.07. The molecule has 1 rings (SSSR count). The summed E-state index contributed by atoms with van der Waals surface area (Å²) >= 11 is 0. The van der Waals surface area contributed by atoms with Crippen molar-refractivity contribution in [1.29, 1.82) is 0 Å². The van der Waals surface area contributed by atoms with E-state index in [2.05, 4.69) is 10.5 Å². The van der Waals surface area contributed by atoms with E-state index in [1.807, 2.05) is 0 Å². The molecule has 0 aromatic heterocycles. The first-order valence-corrected chi connectivity index (χ1v) is 3.10. The Balaban J connectivity index is 2.83. The van der Waals surface area contributed by atoms with Gasteiger partial charge in [0.1, 0.15) is 0 Å². The van der Waals surface area contributed by atoms with Gasteiger partial charge in [0, 0.05) is 5.57 Å². The highest BCUT2D eigenvalue weighted by Crippen LogP contribution is 2.25. The van der Waals surface area contributed by atoms with Gasteiger partial charge in [-0.25, -0.2) is 0 Å². The third kappa shape index (κ3) is 1.53. The average Bonchev–Trinajstić information content (AvgIpc) is 2.31. The van der Waals surface area contributed by atoms with Gasteiger partial charge in [-0.1, -0.05) is 6.92 Å². The Morgan fingerprint density at radius 1 is 1.45 bits per heavy atom. The third-order valence-corrected chi connectivity index (χ3v) is 1.32. The highest BCUT2D eigenvalue weighted by Gasteiger charge is 2.39. The van der Waals surface area contributed by atoms with Gasteiger partial charge in [0.05, 0.1) is 6.20 Å². The van der Waals surface area contributed by atoms with Crippen LogP contribution in [0.15, 0.2) is 16.9 Å². The fourth-order valence-corrected chi connectivity index (χ4v) is 0.779. The molecule has 11 heavy (non-hydrogen) atoms. The van der Waals surface area contributed by atoms with Gasteiger partial charge in [-0.05, 0) is 6.42 Å². The van der Waals surface area contributed by atoms with Gasteiger partial charge in [0.15, 0.2) is 5.71 Å². The monoisotopic (exact) mass is 163 g/mol. The topological polar surface area (TPSA) is 26.5 Å². The highest BCUT2D eigenvalue weighted by atomic mass is 19.4. The molecule has 0 atom stereocenters. The van der Waals surface area contributed by atoms with Crippen LogP contribution in [-0.2, 0) is 0 Å². The van der Waals surface area contributed by atoms with E-state index >= 15 is 0 Å². The number of hydrogen-bond donors (Lipinski definition) is 0. The molecular formula is C6H6F3N2. The normalized spacial score (nSPS) is 17.5. The van der Waals surface area contributed by atoms with Crippen LogP contribution in [0.2, 0.25) is 0 Å². The Bertz CT molecular complexity index is 214. The van der Waals surface area contributed by atoms with Gasteiger partial charge in [0.25, 0.3) is 0 Å².